The highest BCUT2D eigenvalue weighted by atomic mass is 16.7. The third kappa shape index (κ3) is 4.01. The van der Waals surface area contributed by atoms with Crippen LogP contribution in [-0.2, 0) is 14.3 Å². The van der Waals surface area contributed by atoms with E-state index in [-0.39, 0.29) is 12.5 Å². The number of methoxy groups -OCH3 is 1. The highest BCUT2D eigenvalue weighted by Crippen LogP contribution is 2.04. The Morgan fingerprint density at radius 3 is 2.17 bits per heavy atom. The topological polar surface area (TPSA) is 30.9 Å². The van der Waals surface area contributed by atoms with Crippen LogP contribution in [0, 0.1) is 0 Å². The first kappa shape index (κ1) is 11.8. The lowest BCUT2D eigenvalue weighted by atomic mass is 10.5. The summed E-state index contributed by atoms with van der Waals surface area (Å²) in [5.74, 6) is 0. The van der Waals surface area contributed by atoms with E-state index in [1.807, 2.05) is 20.8 Å². The first-order chi connectivity index (χ1) is 5.65. The Labute approximate surface area is 74.3 Å². The van der Waals surface area contributed by atoms with Gasteiger partial charge in [-0.15, -0.1) is 0 Å². The zero-order valence-electron chi connectivity index (χ0n) is 8.53. The molecule has 0 spiro atoms. The summed E-state index contributed by atoms with van der Waals surface area (Å²) in [5, 5.41) is 1.73. The van der Waals surface area contributed by atoms with E-state index in [1.54, 1.807) is 19.3 Å². The van der Waals surface area contributed by atoms with Crippen molar-refractivity contribution >= 4 is 0 Å². The lowest BCUT2D eigenvalue weighted by Crippen LogP contribution is -2.36. The minimum absolute atomic E-state index is 0.0880. The minimum Gasteiger partial charge on any atom is -0.356 e. The molecule has 0 aromatic carbocycles. The van der Waals surface area contributed by atoms with Crippen molar-refractivity contribution in [1.82, 2.24) is 5.06 Å². The fraction of sp³-hybridized carbons (Fsp3) is 1.00. The summed E-state index contributed by atoms with van der Waals surface area (Å²) < 4.78 is 10.4. The quantitative estimate of drug-likeness (QED) is 0.451. The van der Waals surface area contributed by atoms with Gasteiger partial charge in [0.05, 0.1) is 7.11 Å². The molecule has 0 N–H and O–H groups in total. The largest absolute Gasteiger partial charge is 0.356 e. The van der Waals surface area contributed by atoms with Gasteiger partial charge in [0.1, 0.15) is 6.23 Å². The molecule has 0 aliphatic carbocycles. The van der Waals surface area contributed by atoms with Crippen LogP contribution in [0.5, 0.6) is 0 Å². The Balaban J connectivity index is 3.75. The molecule has 0 bridgehead atoms. The molecule has 4 nitrogen and oxygen atoms in total. The van der Waals surface area contributed by atoms with Gasteiger partial charge in [-0.25, -0.2) is 0 Å². The molecule has 0 amide bonds. The molecule has 0 fully saturated rings. The first-order valence-corrected chi connectivity index (χ1v) is 4.14. The van der Waals surface area contributed by atoms with Crippen LogP contribution in [-0.4, -0.2) is 38.3 Å². The Morgan fingerprint density at radius 2 is 1.83 bits per heavy atom. The molecule has 0 radical (unpaired) electrons. The van der Waals surface area contributed by atoms with Crippen molar-refractivity contribution in [3.8, 4) is 0 Å². The predicted molar refractivity (Wildman–Crippen MR) is 46.4 cm³/mol. The monoisotopic (exact) mass is 177 g/mol. The number of nitrogens with zero attached hydrogens (tertiary/aromatic N) is 1. The van der Waals surface area contributed by atoms with Gasteiger partial charge >= 0.3 is 0 Å². The van der Waals surface area contributed by atoms with Gasteiger partial charge in [0, 0.05) is 13.7 Å². The SMILES string of the molecule is CCN(OC)C(C)OC(C)OC. The standard InChI is InChI=1S/C8H19NO3/c1-6-9(11-5)7(2)12-8(3)10-4/h7-8H,6H2,1-5H3. The van der Waals surface area contributed by atoms with Crippen molar-refractivity contribution in [2.45, 2.75) is 33.3 Å². The Hall–Kier alpha value is -0.160. The van der Waals surface area contributed by atoms with Gasteiger partial charge in [-0.3, -0.25) is 4.84 Å². The van der Waals surface area contributed by atoms with E-state index in [0.29, 0.717) is 0 Å². The van der Waals surface area contributed by atoms with Crippen LogP contribution in [0.15, 0.2) is 0 Å². The molecule has 0 aromatic rings. The van der Waals surface area contributed by atoms with Crippen molar-refractivity contribution in [3.05, 3.63) is 0 Å². The molecular weight excluding hydrogens is 158 g/mol. The Kier molecular flexibility index (Phi) is 6.28. The van der Waals surface area contributed by atoms with Crippen LogP contribution in [0.2, 0.25) is 0 Å². The number of rotatable bonds is 6. The van der Waals surface area contributed by atoms with Gasteiger partial charge in [-0.05, 0) is 20.8 Å². The lowest BCUT2D eigenvalue weighted by molar-refractivity contribution is -0.270. The summed E-state index contributed by atoms with van der Waals surface area (Å²) in [6.45, 7) is 6.55. The van der Waals surface area contributed by atoms with Gasteiger partial charge < -0.3 is 9.47 Å². The summed E-state index contributed by atoms with van der Waals surface area (Å²) in [4.78, 5) is 5.06. The second-order valence-corrected chi connectivity index (χ2v) is 2.45. The molecule has 2 unspecified atom stereocenters. The summed E-state index contributed by atoms with van der Waals surface area (Å²) in [6, 6.07) is 0. The number of hydroxylamine groups is 2. The Morgan fingerprint density at radius 1 is 1.25 bits per heavy atom. The highest BCUT2D eigenvalue weighted by Gasteiger charge is 2.14. The van der Waals surface area contributed by atoms with Crippen LogP contribution in [0.25, 0.3) is 0 Å². The third-order valence-corrected chi connectivity index (χ3v) is 1.67. The van der Waals surface area contributed by atoms with Crippen LogP contribution < -0.4 is 0 Å². The summed E-state index contributed by atoms with van der Waals surface area (Å²) >= 11 is 0. The van der Waals surface area contributed by atoms with Gasteiger partial charge in [0.2, 0.25) is 0 Å². The minimum atomic E-state index is -0.204. The fourth-order valence-corrected chi connectivity index (χ4v) is 0.935. The molecule has 12 heavy (non-hydrogen) atoms. The normalized spacial score (nSPS) is 16.5. The van der Waals surface area contributed by atoms with Crippen LogP contribution in [0.1, 0.15) is 20.8 Å². The molecule has 0 heterocycles. The molecule has 2 atom stereocenters. The van der Waals surface area contributed by atoms with Crippen molar-refractivity contribution in [2.75, 3.05) is 20.8 Å². The summed E-state index contributed by atoms with van der Waals surface area (Å²) in [6.07, 6.45) is -0.292. The molecular formula is C8H19NO3. The average molecular weight is 177 g/mol. The molecule has 0 aromatic heterocycles. The van der Waals surface area contributed by atoms with Gasteiger partial charge in [0.25, 0.3) is 0 Å². The van der Waals surface area contributed by atoms with Crippen LogP contribution in [0.4, 0.5) is 0 Å². The lowest BCUT2D eigenvalue weighted by Gasteiger charge is -2.27. The van der Waals surface area contributed by atoms with E-state index < -0.39 is 0 Å². The number of ether oxygens (including phenoxy) is 2. The van der Waals surface area contributed by atoms with Crippen LogP contribution in [0.3, 0.4) is 0 Å². The molecule has 0 rings (SSSR count). The zero-order chi connectivity index (χ0) is 9.56. The average Bonchev–Trinajstić information content (AvgIpc) is 2.06. The Bertz CT molecular complexity index is 106. The maximum Gasteiger partial charge on any atom is 0.156 e. The van der Waals surface area contributed by atoms with E-state index in [0.717, 1.165) is 6.54 Å². The maximum atomic E-state index is 5.42. The van der Waals surface area contributed by atoms with E-state index in [4.69, 9.17) is 14.3 Å². The molecule has 0 saturated heterocycles. The van der Waals surface area contributed by atoms with Gasteiger partial charge in [0.15, 0.2) is 6.29 Å². The van der Waals surface area contributed by atoms with Crippen LogP contribution >= 0.6 is 0 Å². The molecule has 4 heteroatoms. The van der Waals surface area contributed by atoms with E-state index in [2.05, 4.69) is 0 Å². The van der Waals surface area contributed by atoms with E-state index >= 15 is 0 Å². The second kappa shape index (κ2) is 6.37. The number of hydrogen-bond acceptors (Lipinski definition) is 4. The van der Waals surface area contributed by atoms with Crippen molar-refractivity contribution < 1.29 is 14.3 Å². The molecule has 0 saturated carbocycles. The number of hydrogen-bond donors (Lipinski definition) is 0. The fourth-order valence-electron chi connectivity index (χ4n) is 0.935. The summed E-state index contributed by atoms with van der Waals surface area (Å²) in [5.41, 5.74) is 0. The van der Waals surface area contributed by atoms with Crippen molar-refractivity contribution in [2.24, 2.45) is 0 Å². The maximum absolute atomic E-state index is 5.42. The molecule has 0 aliphatic rings. The third-order valence-electron chi connectivity index (χ3n) is 1.67. The molecule has 74 valence electrons. The highest BCUT2D eigenvalue weighted by molar-refractivity contribution is 4.44. The first-order valence-electron chi connectivity index (χ1n) is 4.14. The second-order valence-electron chi connectivity index (χ2n) is 2.45. The van der Waals surface area contributed by atoms with Gasteiger partial charge in [-0.2, -0.15) is 5.06 Å². The zero-order valence-corrected chi connectivity index (χ0v) is 8.53. The van der Waals surface area contributed by atoms with Crippen molar-refractivity contribution in [3.63, 3.8) is 0 Å². The molecule has 0 aliphatic heterocycles. The van der Waals surface area contributed by atoms with E-state index in [9.17, 15) is 0 Å². The smallest absolute Gasteiger partial charge is 0.156 e. The predicted octanol–water partition coefficient (Wildman–Crippen LogP) is 1.22. The van der Waals surface area contributed by atoms with E-state index in [1.165, 1.54) is 0 Å². The van der Waals surface area contributed by atoms with Crippen molar-refractivity contribution in [1.29, 1.82) is 0 Å². The summed E-state index contributed by atoms with van der Waals surface area (Å²) in [7, 11) is 3.24. The van der Waals surface area contributed by atoms with Gasteiger partial charge in [-0.1, -0.05) is 0 Å².